The van der Waals surface area contributed by atoms with Gasteiger partial charge in [0.25, 0.3) is 0 Å². The Balaban J connectivity index is 1.47. The van der Waals surface area contributed by atoms with Gasteiger partial charge in [-0.1, -0.05) is 48.5 Å². The van der Waals surface area contributed by atoms with Gasteiger partial charge in [-0.25, -0.2) is 4.39 Å². The molecule has 0 N–H and O–H groups in total. The Morgan fingerprint density at radius 3 is 2.65 bits per heavy atom. The average Bonchev–Trinajstić information content (AvgIpc) is 3.13. The zero-order chi connectivity index (χ0) is 17.8. The molecule has 0 amide bonds. The number of piperidine rings is 1. The molecule has 26 heavy (non-hydrogen) atoms. The van der Waals surface area contributed by atoms with Gasteiger partial charge < -0.3 is 4.57 Å². The van der Waals surface area contributed by atoms with Crippen molar-refractivity contribution in [2.45, 2.75) is 31.8 Å². The largest absolute Gasteiger partial charge is 0.313 e. The standard InChI is InChI=1S/C21H23FN4/c22-20-11-5-4-9-18(20)14-25-12-6-10-19(15-25)21-24-23-16-26(21)13-17-7-2-1-3-8-17/h1-5,7-9,11,16,19H,6,10,12-15H2. The van der Waals surface area contributed by atoms with Gasteiger partial charge in [-0.3, -0.25) is 4.90 Å². The van der Waals surface area contributed by atoms with Crippen LogP contribution in [0.4, 0.5) is 4.39 Å². The molecule has 1 unspecified atom stereocenters. The molecular formula is C21H23FN4. The fraction of sp³-hybridized carbons (Fsp3) is 0.333. The first-order valence-electron chi connectivity index (χ1n) is 9.17. The van der Waals surface area contributed by atoms with Crippen molar-refractivity contribution in [1.29, 1.82) is 0 Å². The van der Waals surface area contributed by atoms with E-state index in [-0.39, 0.29) is 5.82 Å². The quantitative estimate of drug-likeness (QED) is 0.701. The molecule has 3 aromatic rings. The van der Waals surface area contributed by atoms with Gasteiger partial charge in [-0.2, -0.15) is 0 Å². The number of hydrogen-bond donors (Lipinski definition) is 0. The van der Waals surface area contributed by atoms with Crippen LogP contribution in [-0.2, 0) is 13.1 Å². The van der Waals surface area contributed by atoms with Crippen molar-refractivity contribution in [3.8, 4) is 0 Å². The molecule has 0 spiro atoms. The van der Waals surface area contributed by atoms with Crippen LogP contribution in [0.25, 0.3) is 0 Å². The minimum atomic E-state index is -0.123. The average molecular weight is 350 g/mol. The fourth-order valence-corrected chi connectivity index (χ4v) is 3.76. The van der Waals surface area contributed by atoms with Crippen LogP contribution in [0.1, 0.15) is 35.7 Å². The van der Waals surface area contributed by atoms with Crippen LogP contribution in [0.15, 0.2) is 60.9 Å². The van der Waals surface area contributed by atoms with Gasteiger partial charge in [-0.05, 0) is 31.0 Å². The molecule has 1 atom stereocenters. The highest BCUT2D eigenvalue weighted by atomic mass is 19.1. The monoisotopic (exact) mass is 350 g/mol. The zero-order valence-electron chi connectivity index (χ0n) is 14.8. The Bertz CT molecular complexity index is 846. The molecule has 2 heterocycles. The first-order chi connectivity index (χ1) is 12.8. The summed E-state index contributed by atoms with van der Waals surface area (Å²) in [6, 6.07) is 17.4. The summed E-state index contributed by atoms with van der Waals surface area (Å²) in [7, 11) is 0. The van der Waals surface area contributed by atoms with Crippen LogP contribution in [0, 0.1) is 5.82 Å². The van der Waals surface area contributed by atoms with Crippen molar-refractivity contribution in [2.24, 2.45) is 0 Å². The molecular weight excluding hydrogens is 327 g/mol. The summed E-state index contributed by atoms with van der Waals surface area (Å²) in [5.74, 6) is 1.25. The summed E-state index contributed by atoms with van der Waals surface area (Å²) in [6.07, 6.45) is 4.01. The predicted molar refractivity (Wildman–Crippen MR) is 99.2 cm³/mol. The highest BCUT2D eigenvalue weighted by molar-refractivity contribution is 5.18. The Morgan fingerprint density at radius 2 is 1.81 bits per heavy atom. The van der Waals surface area contributed by atoms with Gasteiger partial charge in [0.1, 0.15) is 18.0 Å². The van der Waals surface area contributed by atoms with Gasteiger partial charge in [0.2, 0.25) is 0 Å². The SMILES string of the molecule is Fc1ccccc1CN1CCCC(c2nncn2Cc2ccccc2)C1. The van der Waals surface area contributed by atoms with E-state index in [0.717, 1.165) is 43.9 Å². The van der Waals surface area contributed by atoms with E-state index in [1.807, 2.05) is 24.5 Å². The lowest BCUT2D eigenvalue weighted by atomic mass is 9.96. The highest BCUT2D eigenvalue weighted by Crippen LogP contribution is 2.27. The summed E-state index contributed by atoms with van der Waals surface area (Å²) in [5.41, 5.74) is 2.01. The third-order valence-electron chi connectivity index (χ3n) is 5.06. The third-order valence-corrected chi connectivity index (χ3v) is 5.06. The van der Waals surface area contributed by atoms with E-state index in [0.29, 0.717) is 12.5 Å². The maximum Gasteiger partial charge on any atom is 0.137 e. The zero-order valence-corrected chi connectivity index (χ0v) is 14.8. The van der Waals surface area contributed by atoms with Crippen LogP contribution in [0.2, 0.25) is 0 Å². The lowest BCUT2D eigenvalue weighted by Crippen LogP contribution is -2.35. The summed E-state index contributed by atoms with van der Waals surface area (Å²) in [6.45, 7) is 3.32. The van der Waals surface area contributed by atoms with Crippen molar-refractivity contribution >= 4 is 0 Å². The molecule has 0 saturated carbocycles. The molecule has 1 fully saturated rings. The Kier molecular flexibility index (Phi) is 5.07. The molecule has 0 bridgehead atoms. The molecule has 5 heteroatoms. The molecule has 134 valence electrons. The van der Waals surface area contributed by atoms with E-state index in [4.69, 9.17) is 0 Å². The number of hydrogen-bond acceptors (Lipinski definition) is 3. The van der Waals surface area contributed by atoms with Gasteiger partial charge >= 0.3 is 0 Å². The predicted octanol–water partition coefficient (Wildman–Crippen LogP) is 3.85. The molecule has 4 rings (SSSR count). The van der Waals surface area contributed by atoms with E-state index in [2.05, 4.69) is 43.9 Å². The Hall–Kier alpha value is -2.53. The van der Waals surface area contributed by atoms with Crippen LogP contribution in [0.3, 0.4) is 0 Å². The van der Waals surface area contributed by atoms with E-state index < -0.39 is 0 Å². The van der Waals surface area contributed by atoms with Crippen LogP contribution in [0.5, 0.6) is 0 Å². The van der Waals surface area contributed by atoms with Crippen molar-refractivity contribution in [1.82, 2.24) is 19.7 Å². The Labute approximate surface area is 153 Å². The van der Waals surface area contributed by atoms with E-state index in [1.165, 1.54) is 11.6 Å². The number of nitrogens with zero attached hydrogens (tertiary/aromatic N) is 4. The van der Waals surface area contributed by atoms with Crippen molar-refractivity contribution < 1.29 is 4.39 Å². The summed E-state index contributed by atoms with van der Waals surface area (Å²) >= 11 is 0. The summed E-state index contributed by atoms with van der Waals surface area (Å²) in [4.78, 5) is 2.33. The minimum Gasteiger partial charge on any atom is -0.313 e. The molecule has 2 aromatic carbocycles. The van der Waals surface area contributed by atoms with Gasteiger partial charge in [0.05, 0.1) is 6.54 Å². The number of aromatic nitrogens is 3. The number of benzene rings is 2. The second-order valence-corrected chi connectivity index (χ2v) is 6.97. The molecule has 1 aromatic heterocycles. The van der Waals surface area contributed by atoms with Crippen LogP contribution in [-0.4, -0.2) is 32.8 Å². The van der Waals surface area contributed by atoms with Crippen LogP contribution >= 0.6 is 0 Å². The second kappa shape index (κ2) is 7.79. The second-order valence-electron chi connectivity index (χ2n) is 6.97. The summed E-state index contributed by atoms with van der Waals surface area (Å²) < 4.78 is 16.1. The normalized spacial score (nSPS) is 18.1. The maximum absolute atomic E-state index is 14.0. The Morgan fingerprint density at radius 1 is 1.00 bits per heavy atom. The molecule has 1 aliphatic rings. The fourth-order valence-electron chi connectivity index (χ4n) is 3.76. The van der Waals surface area contributed by atoms with Gasteiger partial charge in [-0.15, -0.1) is 10.2 Å². The van der Waals surface area contributed by atoms with Crippen LogP contribution < -0.4 is 0 Å². The third kappa shape index (κ3) is 3.83. The first-order valence-corrected chi connectivity index (χ1v) is 9.17. The number of likely N-dealkylation sites (tertiary alicyclic amines) is 1. The van der Waals surface area contributed by atoms with E-state index in [1.54, 1.807) is 6.07 Å². The molecule has 4 nitrogen and oxygen atoms in total. The molecule has 0 aliphatic carbocycles. The van der Waals surface area contributed by atoms with Gasteiger partial charge in [0, 0.05) is 24.6 Å². The minimum absolute atomic E-state index is 0.123. The lowest BCUT2D eigenvalue weighted by Gasteiger charge is -2.32. The van der Waals surface area contributed by atoms with Crippen molar-refractivity contribution in [3.05, 3.63) is 83.7 Å². The molecule has 1 aliphatic heterocycles. The maximum atomic E-state index is 14.0. The van der Waals surface area contributed by atoms with Gasteiger partial charge in [0.15, 0.2) is 0 Å². The smallest absolute Gasteiger partial charge is 0.137 e. The van der Waals surface area contributed by atoms with E-state index in [9.17, 15) is 4.39 Å². The lowest BCUT2D eigenvalue weighted by molar-refractivity contribution is 0.192. The highest BCUT2D eigenvalue weighted by Gasteiger charge is 2.25. The number of halogens is 1. The first kappa shape index (κ1) is 16.9. The molecule has 1 saturated heterocycles. The molecule has 0 radical (unpaired) electrons. The number of rotatable bonds is 5. The topological polar surface area (TPSA) is 34.0 Å². The van der Waals surface area contributed by atoms with Crippen molar-refractivity contribution in [3.63, 3.8) is 0 Å². The van der Waals surface area contributed by atoms with E-state index >= 15 is 0 Å². The summed E-state index contributed by atoms with van der Waals surface area (Å²) in [5, 5.41) is 8.56. The van der Waals surface area contributed by atoms with Crippen molar-refractivity contribution in [2.75, 3.05) is 13.1 Å².